The first kappa shape index (κ1) is 13.2. The second kappa shape index (κ2) is 6.64. The van der Waals surface area contributed by atoms with E-state index < -0.39 is 0 Å². The van der Waals surface area contributed by atoms with Crippen molar-refractivity contribution < 1.29 is 0 Å². The predicted octanol–water partition coefficient (Wildman–Crippen LogP) is 3.34. The fourth-order valence-corrected chi connectivity index (χ4v) is 1.51. The molecule has 1 aromatic rings. The summed E-state index contributed by atoms with van der Waals surface area (Å²) >= 11 is 0. The number of nitrogens with zero attached hydrogens (tertiary/aromatic N) is 1. The van der Waals surface area contributed by atoms with Crippen molar-refractivity contribution in [3.63, 3.8) is 0 Å². The molecule has 0 spiro atoms. The molecule has 0 fully saturated rings. The molecule has 90 valence electrons. The van der Waals surface area contributed by atoms with Gasteiger partial charge in [0.1, 0.15) is 0 Å². The molecule has 0 bridgehead atoms. The highest BCUT2D eigenvalue weighted by molar-refractivity contribution is 5.15. The van der Waals surface area contributed by atoms with E-state index in [1.165, 1.54) is 17.7 Å². The maximum Gasteiger partial charge on any atom is 0.0429 e. The summed E-state index contributed by atoms with van der Waals surface area (Å²) in [5, 5.41) is 3.44. The molecule has 1 aromatic heterocycles. The number of hydrogen-bond acceptors (Lipinski definition) is 2. The normalized spacial score (nSPS) is 11.4. The Labute approximate surface area is 99.5 Å². The van der Waals surface area contributed by atoms with E-state index in [2.05, 4.69) is 50.1 Å². The largest absolute Gasteiger partial charge is 0.313 e. The van der Waals surface area contributed by atoms with Crippen LogP contribution >= 0.6 is 0 Å². The van der Waals surface area contributed by atoms with Gasteiger partial charge in [-0.05, 0) is 36.4 Å². The van der Waals surface area contributed by atoms with Crippen LogP contribution in [0.1, 0.15) is 51.3 Å². The van der Waals surface area contributed by atoms with Crippen LogP contribution in [0.3, 0.4) is 0 Å². The first-order valence-electron chi connectivity index (χ1n) is 6.25. The van der Waals surface area contributed by atoms with Crippen LogP contribution in [0.5, 0.6) is 0 Å². The molecule has 1 heterocycles. The Morgan fingerprint density at radius 1 is 1.19 bits per heavy atom. The SMILES string of the molecule is CC(C)CCNCc1ccc(C(C)C)nc1. The molecular formula is C14H24N2. The van der Waals surface area contributed by atoms with Crippen molar-refractivity contribution in [3.05, 3.63) is 29.6 Å². The van der Waals surface area contributed by atoms with E-state index in [1.54, 1.807) is 0 Å². The summed E-state index contributed by atoms with van der Waals surface area (Å²) in [6.07, 6.45) is 3.22. The Morgan fingerprint density at radius 2 is 1.94 bits per heavy atom. The molecule has 0 aliphatic carbocycles. The Morgan fingerprint density at radius 3 is 2.44 bits per heavy atom. The van der Waals surface area contributed by atoms with Crippen LogP contribution in [0.2, 0.25) is 0 Å². The van der Waals surface area contributed by atoms with Crippen molar-refractivity contribution in [1.82, 2.24) is 10.3 Å². The van der Waals surface area contributed by atoms with Crippen LogP contribution in [0.25, 0.3) is 0 Å². The summed E-state index contributed by atoms with van der Waals surface area (Å²) < 4.78 is 0. The minimum Gasteiger partial charge on any atom is -0.313 e. The molecule has 16 heavy (non-hydrogen) atoms. The maximum absolute atomic E-state index is 4.45. The summed E-state index contributed by atoms with van der Waals surface area (Å²) in [5.41, 5.74) is 2.44. The van der Waals surface area contributed by atoms with Crippen molar-refractivity contribution >= 4 is 0 Å². The van der Waals surface area contributed by atoms with Gasteiger partial charge in [-0.15, -0.1) is 0 Å². The number of rotatable bonds is 6. The summed E-state index contributed by atoms with van der Waals surface area (Å²) in [7, 11) is 0. The zero-order valence-electron chi connectivity index (χ0n) is 11.0. The van der Waals surface area contributed by atoms with E-state index in [9.17, 15) is 0 Å². The van der Waals surface area contributed by atoms with Crippen LogP contribution in [0, 0.1) is 5.92 Å². The van der Waals surface area contributed by atoms with E-state index in [0.29, 0.717) is 5.92 Å². The Balaban J connectivity index is 2.32. The monoisotopic (exact) mass is 220 g/mol. The van der Waals surface area contributed by atoms with Crippen LogP contribution in [0.15, 0.2) is 18.3 Å². The third-order valence-electron chi connectivity index (χ3n) is 2.67. The third-order valence-corrected chi connectivity index (χ3v) is 2.67. The van der Waals surface area contributed by atoms with Crippen molar-refractivity contribution in [2.24, 2.45) is 5.92 Å². The molecule has 0 saturated heterocycles. The molecule has 0 aliphatic rings. The zero-order valence-corrected chi connectivity index (χ0v) is 11.0. The Bertz CT molecular complexity index is 288. The van der Waals surface area contributed by atoms with Crippen LogP contribution < -0.4 is 5.32 Å². The third kappa shape index (κ3) is 4.75. The number of pyridine rings is 1. The van der Waals surface area contributed by atoms with Gasteiger partial charge in [-0.2, -0.15) is 0 Å². The Hall–Kier alpha value is -0.890. The van der Waals surface area contributed by atoms with Gasteiger partial charge >= 0.3 is 0 Å². The quantitative estimate of drug-likeness (QED) is 0.744. The lowest BCUT2D eigenvalue weighted by atomic mass is 10.1. The fraction of sp³-hybridized carbons (Fsp3) is 0.643. The molecule has 1 rings (SSSR count). The average Bonchev–Trinajstić information content (AvgIpc) is 2.25. The van der Waals surface area contributed by atoms with Gasteiger partial charge in [-0.25, -0.2) is 0 Å². The molecule has 2 heteroatoms. The highest BCUT2D eigenvalue weighted by atomic mass is 14.8. The van der Waals surface area contributed by atoms with Gasteiger partial charge in [0.25, 0.3) is 0 Å². The summed E-state index contributed by atoms with van der Waals surface area (Å²) in [4.78, 5) is 4.45. The second-order valence-corrected chi connectivity index (χ2v) is 5.11. The predicted molar refractivity (Wildman–Crippen MR) is 69.5 cm³/mol. The fourth-order valence-electron chi connectivity index (χ4n) is 1.51. The average molecular weight is 220 g/mol. The summed E-state index contributed by atoms with van der Waals surface area (Å²) in [6, 6.07) is 4.30. The lowest BCUT2D eigenvalue weighted by molar-refractivity contribution is 0.537. The van der Waals surface area contributed by atoms with Gasteiger partial charge in [-0.3, -0.25) is 4.98 Å². The summed E-state index contributed by atoms with van der Waals surface area (Å²) in [5.74, 6) is 1.29. The topological polar surface area (TPSA) is 24.9 Å². The maximum atomic E-state index is 4.45. The molecule has 0 radical (unpaired) electrons. The van der Waals surface area contributed by atoms with Crippen LogP contribution in [0.4, 0.5) is 0 Å². The highest BCUT2D eigenvalue weighted by Gasteiger charge is 2.00. The van der Waals surface area contributed by atoms with Gasteiger partial charge in [-0.1, -0.05) is 33.8 Å². The lowest BCUT2D eigenvalue weighted by Crippen LogP contribution is -2.16. The molecule has 0 atom stereocenters. The molecule has 2 nitrogen and oxygen atoms in total. The zero-order chi connectivity index (χ0) is 12.0. The van der Waals surface area contributed by atoms with Crippen molar-refractivity contribution in [1.29, 1.82) is 0 Å². The summed E-state index contributed by atoms with van der Waals surface area (Å²) in [6.45, 7) is 10.9. The number of nitrogens with one attached hydrogen (secondary N) is 1. The molecule has 0 amide bonds. The minimum absolute atomic E-state index is 0.517. The smallest absolute Gasteiger partial charge is 0.0429 e. The van der Waals surface area contributed by atoms with E-state index in [0.717, 1.165) is 19.0 Å². The molecular weight excluding hydrogens is 196 g/mol. The van der Waals surface area contributed by atoms with Gasteiger partial charge in [0, 0.05) is 18.4 Å². The van der Waals surface area contributed by atoms with E-state index in [4.69, 9.17) is 0 Å². The van der Waals surface area contributed by atoms with Crippen molar-refractivity contribution in [2.45, 2.75) is 46.6 Å². The van der Waals surface area contributed by atoms with Gasteiger partial charge < -0.3 is 5.32 Å². The molecule has 0 aliphatic heterocycles. The van der Waals surface area contributed by atoms with Gasteiger partial charge in [0.05, 0.1) is 0 Å². The Kier molecular flexibility index (Phi) is 5.47. The lowest BCUT2D eigenvalue weighted by Gasteiger charge is -2.08. The minimum atomic E-state index is 0.517. The van der Waals surface area contributed by atoms with Crippen molar-refractivity contribution in [2.75, 3.05) is 6.54 Å². The number of hydrogen-bond donors (Lipinski definition) is 1. The first-order valence-corrected chi connectivity index (χ1v) is 6.25. The van der Waals surface area contributed by atoms with Crippen LogP contribution in [-0.2, 0) is 6.54 Å². The van der Waals surface area contributed by atoms with Crippen molar-refractivity contribution in [3.8, 4) is 0 Å². The van der Waals surface area contributed by atoms with Crippen LogP contribution in [-0.4, -0.2) is 11.5 Å². The highest BCUT2D eigenvalue weighted by Crippen LogP contribution is 2.11. The first-order chi connectivity index (χ1) is 7.59. The van der Waals surface area contributed by atoms with E-state index >= 15 is 0 Å². The second-order valence-electron chi connectivity index (χ2n) is 5.11. The number of aromatic nitrogens is 1. The van der Waals surface area contributed by atoms with Gasteiger partial charge in [0.2, 0.25) is 0 Å². The molecule has 1 N–H and O–H groups in total. The van der Waals surface area contributed by atoms with Gasteiger partial charge in [0.15, 0.2) is 0 Å². The molecule has 0 saturated carbocycles. The van der Waals surface area contributed by atoms with E-state index in [-0.39, 0.29) is 0 Å². The standard InChI is InChI=1S/C14H24N2/c1-11(2)7-8-15-9-13-5-6-14(12(3)4)16-10-13/h5-6,10-12,15H,7-9H2,1-4H3. The molecule has 0 aromatic carbocycles. The van der Waals surface area contributed by atoms with E-state index in [1.807, 2.05) is 6.20 Å². The molecule has 0 unspecified atom stereocenters.